The van der Waals surface area contributed by atoms with Crippen LogP contribution in [-0.2, 0) is 0 Å². The van der Waals surface area contributed by atoms with E-state index in [4.69, 9.17) is 13.3 Å². The van der Waals surface area contributed by atoms with Crippen molar-refractivity contribution >= 4 is 104 Å². The third-order valence-electron chi connectivity index (χ3n) is 12.3. The molecule has 0 radical (unpaired) electrons. The van der Waals surface area contributed by atoms with E-state index in [1.165, 1.54) is 21.5 Å². The van der Waals surface area contributed by atoms with E-state index in [0.717, 1.165) is 105 Å². The molecular formula is C56H33NO3. The fraction of sp³-hybridized carbons (Fsp3) is 0. The molecule has 0 atom stereocenters. The van der Waals surface area contributed by atoms with Crippen molar-refractivity contribution in [2.24, 2.45) is 0 Å². The van der Waals surface area contributed by atoms with Crippen molar-refractivity contribution in [2.75, 3.05) is 4.90 Å². The summed E-state index contributed by atoms with van der Waals surface area (Å²) in [5, 5.41) is 11.4. The summed E-state index contributed by atoms with van der Waals surface area (Å²) in [5.74, 6) is 0. The lowest BCUT2D eigenvalue weighted by Gasteiger charge is -2.29. The van der Waals surface area contributed by atoms with Crippen LogP contribution in [0, 0.1) is 0 Å². The van der Waals surface area contributed by atoms with Crippen molar-refractivity contribution in [3.8, 4) is 22.3 Å². The molecule has 10 aromatic carbocycles. The maximum absolute atomic E-state index is 6.57. The number of anilines is 3. The molecule has 4 heteroatoms. The molecule has 13 aromatic rings. The molecule has 0 N–H and O–H groups in total. The van der Waals surface area contributed by atoms with Crippen molar-refractivity contribution < 1.29 is 13.3 Å². The molecule has 3 heterocycles. The quantitative estimate of drug-likeness (QED) is 0.164. The molecule has 280 valence electrons. The van der Waals surface area contributed by atoms with Crippen LogP contribution < -0.4 is 4.90 Å². The van der Waals surface area contributed by atoms with Gasteiger partial charge in [-0.05, 0) is 105 Å². The fourth-order valence-electron chi connectivity index (χ4n) is 9.55. The number of furan rings is 3. The molecular weight excluding hydrogens is 735 g/mol. The molecule has 0 aliphatic carbocycles. The van der Waals surface area contributed by atoms with Crippen LogP contribution in [0.25, 0.3) is 110 Å². The number of nitrogens with zero attached hydrogens (tertiary/aromatic N) is 1. The van der Waals surface area contributed by atoms with E-state index in [1.54, 1.807) is 0 Å². The number of fused-ring (bicyclic) bond motifs is 12. The Morgan fingerprint density at radius 1 is 0.283 bits per heavy atom. The maximum atomic E-state index is 6.57. The van der Waals surface area contributed by atoms with E-state index in [9.17, 15) is 0 Å². The Hall–Kier alpha value is -8.08. The van der Waals surface area contributed by atoms with Crippen molar-refractivity contribution in [1.29, 1.82) is 0 Å². The highest BCUT2D eigenvalue weighted by atomic mass is 16.3. The van der Waals surface area contributed by atoms with Gasteiger partial charge >= 0.3 is 0 Å². The summed E-state index contributed by atoms with van der Waals surface area (Å²) >= 11 is 0. The Morgan fingerprint density at radius 3 is 1.35 bits per heavy atom. The predicted molar refractivity (Wildman–Crippen MR) is 249 cm³/mol. The van der Waals surface area contributed by atoms with Crippen LogP contribution >= 0.6 is 0 Å². The van der Waals surface area contributed by atoms with Crippen LogP contribution in [0.3, 0.4) is 0 Å². The van der Waals surface area contributed by atoms with Gasteiger partial charge in [-0.15, -0.1) is 0 Å². The summed E-state index contributed by atoms with van der Waals surface area (Å²) in [6.07, 6.45) is 0. The minimum atomic E-state index is 0.824. The van der Waals surface area contributed by atoms with Gasteiger partial charge in [0.15, 0.2) is 0 Å². The third-order valence-corrected chi connectivity index (χ3v) is 12.3. The average molecular weight is 768 g/mol. The molecule has 0 amide bonds. The topological polar surface area (TPSA) is 42.7 Å². The smallest absolute Gasteiger partial charge is 0.137 e. The lowest BCUT2D eigenvalue weighted by Crippen LogP contribution is -2.11. The molecule has 0 unspecified atom stereocenters. The number of rotatable bonds is 5. The Labute approximate surface area is 343 Å². The molecule has 0 saturated heterocycles. The lowest BCUT2D eigenvalue weighted by atomic mass is 9.87. The van der Waals surface area contributed by atoms with Crippen LogP contribution in [-0.4, -0.2) is 0 Å². The van der Waals surface area contributed by atoms with E-state index in [-0.39, 0.29) is 0 Å². The van der Waals surface area contributed by atoms with E-state index in [1.807, 2.05) is 36.4 Å². The Kier molecular flexibility index (Phi) is 6.98. The molecule has 4 nitrogen and oxygen atoms in total. The maximum Gasteiger partial charge on any atom is 0.137 e. The van der Waals surface area contributed by atoms with E-state index in [0.29, 0.717) is 0 Å². The van der Waals surface area contributed by atoms with Gasteiger partial charge in [0.05, 0.1) is 5.69 Å². The summed E-state index contributed by atoms with van der Waals surface area (Å²) in [5.41, 5.74) is 12.4. The van der Waals surface area contributed by atoms with Crippen molar-refractivity contribution in [3.05, 3.63) is 200 Å². The zero-order chi connectivity index (χ0) is 39.3. The van der Waals surface area contributed by atoms with Gasteiger partial charge in [-0.2, -0.15) is 0 Å². The highest BCUT2D eigenvalue weighted by Crippen LogP contribution is 2.49. The standard InChI is InChI=1S/C56H33NO3/c1-2-13-38-34(12-1)30-48(40-15-4-3-14-39(38)40)47-19-11-20-49(56(47)35-24-27-44-41-16-5-8-21-50(41)58-53(44)31-35)57(36-25-28-45-42-17-6-9-22-51(42)59-54(45)32-36)37-26-29-46-43-18-7-10-23-52(43)60-55(46)33-37/h1-33H. The zero-order valence-corrected chi connectivity index (χ0v) is 32.2. The Morgan fingerprint density at radius 2 is 0.750 bits per heavy atom. The van der Waals surface area contributed by atoms with Crippen LogP contribution in [0.1, 0.15) is 0 Å². The second-order valence-electron chi connectivity index (χ2n) is 15.6. The molecule has 0 fully saturated rings. The first-order valence-electron chi connectivity index (χ1n) is 20.3. The summed E-state index contributed by atoms with van der Waals surface area (Å²) in [6.45, 7) is 0. The van der Waals surface area contributed by atoms with Crippen molar-refractivity contribution in [1.82, 2.24) is 0 Å². The first-order chi connectivity index (χ1) is 29.7. The van der Waals surface area contributed by atoms with Crippen molar-refractivity contribution in [2.45, 2.75) is 0 Å². The molecule has 0 saturated carbocycles. The van der Waals surface area contributed by atoms with Gasteiger partial charge in [0, 0.05) is 61.4 Å². The Balaban J connectivity index is 1.14. The first kappa shape index (κ1) is 32.9. The molecule has 0 bridgehead atoms. The fourth-order valence-corrected chi connectivity index (χ4v) is 9.55. The van der Waals surface area contributed by atoms with Gasteiger partial charge in [-0.3, -0.25) is 0 Å². The highest BCUT2D eigenvalue weighted by Gasteiger charge is 2.24. The number of hydrogen-bond donors (Lipinski definition) is 0. The summed E-state index contributed by atoms with van der Waals surface area (Å²) < 4.78 is 19.7. The Bertz CT molecular complexity index is 3750. The van der Waals surface area contributed by atoms with E-state index >= 15 is 0 Å². The minimum Gasteiger partial charge on any atom is -0.456 e. The van der Waals surface area contributed by atoms with Crippen LogP contribution in [0.4, 0.5) is 17.1 Å². The van der Waals surface area contributed by atoms with E-state index in [2.05, 4.69) is 169 Å². The van der Waals surface area contributed by atoms with Crippen LogP contribution in [0.15, 0.2) is 213 Å². The molecule has 0 spiro atoms. The molecule has 0 aliphatic rings. The zero-order valence-electron chi connectivity index (χ0n) is 32.2. The minimum absolute atomic E-state index is 0.824. The number of benzene rings is 10. The lowest BCUT2D eigenvalue weighted by molar-refractivity contribution is 0.668. The first-order valence-corrected chi connectivity index (χ1v) is 20.3. The van der Waals surface area contributed by atoms with Crippen LogP contribution in [0.2, 0.25) is 0 Å². The third kappa shape index (κ3) is 4.91. The van der Waals surface area contributed by atoms with Gasteiger partial charge in [0.2, 0.25) is 0 Å². The summed E-state index contributed by atoms with van der Waals surface area (Å²) in [6, 6.07) is 71.0. The van der Waals surface area contributed by atoms with E-state index < -0.39 is 0 Å². The van der Waals surface area contributed by atoms with Gasteiger partial charge in [-0.1, -0.05) is 121 Å². The van der Waals surface area contributed by atoms with Crippen molar-refractivity contribution in [3.63, 3.8) is 0 Å². The molecule has 60 heavy (non-hydrogen) atoms. The normalized spacial score (nSPS) is 12.0. The molecule has 13 rings (SSSR count). The highest BCUT2D eigenvalue weighted by molar-refractivity contribution is 6.17. The van der Waals surface area contributed by atoms with Gasteiger partial charge in [0.25, 0.3) is 0 Å². The SMILES string of the molecule is c1cc(-c2cc3ccccc3c3ccccc23)c(-c2ccc3c(c2)oc2ccccc23)c(N(c2ccc3c(c2)oc2ccccc23)c2ccc3c(c2)oc2ccccc23)c1. The average Bonchev–Trinajstić information content (AvgIpc) is 3.99. The molecule has 3 aromatic heterocycles. The largest absolute Gasteiger partial charge is 0.456 e. The second-order valence-corrected chi connectivity index (χ2v) is 15.6. The van der Waals surface area contributed by atoms with Gasteiger partial charge < -0.3 is 18.2 Å². The second kappa shape index (κ2) is 12.7. The number of hydrogen-bond acceptors (Lipinski definition) is 4. The van der Waals surface area contributed by atoms with Gasteiger partial charge in [-0.25, -0.2) is 0 Å². The van der Waals surface area contributed by atoms with Gasteiger partial charge in [0.1, 0.15) is 33.5 Å². The number of para-hydroxylation sites is 3. The molecule has 0 aliphatic heterocycles. The van der Waals surface area contributed by atoms with Crippen LogP contribution in [0.5, 0.6) is 0 Å². The summed E-state index contributed by atoms with van der Waals surface area (Å²) in [7, 11) is 0. The predicted octanol–water partition coefficient (Wildman–Crippen LogP) is 16.5. The monoisotopic (exact) mass is 767 g/mol. The summed E-state index contributed by atoms with van der Waals surface area (Å²) in [4.78, 5) is 2.35.